The van der Waals surface area contributed by atoms with Gasteiger partial charge in [0.1, 0.15) is 6.10 Å². The van der Waals surface area contributed by atoms with Crippen molar-refractivity contribution in [1.29, 1.82) is 0 Å². The molecule has 1 heterocycles. The van der Waals surface area contributed by atoms with Crippen LogP contribution < -0.4 is 0 Å². The van der Waals surface area contributed by atoms with Crippen LogP contribution in [-0.4, -0.2) is 60.6 Å². The third-order valence-electron chi connectivity index (χ3n) is 2.80. The van der Waals surface area contributed by atoms with Crippen molar-refractivity contribution in [1.82, 2.24) is 9.80 Å². The number of rotatable bonds is 5. The van der Waals surface area contributed by atoms with Gasteiger partial charge in [-0.3, -0.25) is 4.79 Å². The van der Waals surface area contributed by atoms with Gasteiger partial charge >= 0.3 is 0 Å². The number of hydrogen-bond acceptors (Lipinski definition) is 5. The second kappa shape index (κ2) is 6.39. The number of hydrogen-bond donors (Lipinski definition) is 0. The smallest absolute Gasteiger partial charge is 0.294 e. The molecule has 0 N–H and O–H groups in total. The molecule has 0 aliphatic carbocycles. The number of likely N-dealkylation sites (tertiary alicyclic amines) is 1. The zero-order valence-corrected chi connectivity index (χ0v) is 10.3. The van der Waals surface area contributed by atoms with E-state index in [1.54, 1.807) is 4.90 Å². The molecule has 0 aromatic rings. The zero-order chi connectivity index (χ0) is 12.8. The summed E-state index contributed by atoms with van der Waals surface area (Å²) in [6.45, 7) is 1.82. The van der Waals surface area contributed by atoms with Gasteiger partial charge in [-0.2, -0.15) is 0 Å². The molecule has 98 valence electrons. The van der Waals surface area contributed by atoms with E-state index in [-0.39, 0.29) is 12.0 Å². The molecule has 17 heavy (non-hydrogen) atoms. The fourth-order valence-corrected chi connectivity index (χ4v) is 1.81. The zero-order valence-electron chi connectivity index (χ0n) is 10.3. The SMILES string of the molecule is CN(C)CCC(=O)N1CCC(O[N+](=O)[O-])CC1. The second-order valence-electron chi connectivity index (χ2n) is 4.46. The van der Waals surface area contributed by atoms with Gasteiger partial charge in [-0.05, 0) is 26.9 Å². The van der Waals surface area contributed by atoms with E-state index in [1.165, 1.54) is 0 Å². The van der Waals surface area contributed by atoms with E-state index >= 15 is 0 Å². The van der Waals surface area contributed by atoms with Crippen molar-refractivity contribution in [2.24, 2.45) is 0 Å². The monoisotopic (exact) mass is 245 g/mol. The Balaban J connectivity index is 2.26. The molecule has 0 saturated carbocycles. The van der Waals surface area contributed by atoms with Crippen molar-refractivity contribution in [3.05, 3.63) is 10.1 Å². The molecule has 1 aliphatic heterocycles. The Morgan fingerprint density at radius 3 is 2.53 bits per heavy atom. The number of amides is 1. The lowest BCUT2D eigenvalue weighted by Crippen LogP contribution is -2.42. The average Bonchev–Trinajstić information content (AvgIpc) is 2.26. The van der Waals surface area contributed by atoms with Gasteiger partial charge in [0.05, 0.1) is 0 Å². The van der Waals surface area contributed by atoms with Crippen LogP contribution in [0.15, 0.2) is 0 Å². The van der Waals surface area contributed by atoms with Gasteiger partial charge in [-0.1, -0.05) is 0 Å². The molecular weight excluding hydrogens is 226 g/mol. The van der Waals surface area contributed by atoms with Crippen LogP contribution in [0.25, 0.3) is 0 Å². The van der Waals surface area contributed by atoms with Gasteiger partial charge in [-0.25, -0.2) is 0 Å². The predicted octanol–water partition coefficient (Wildman–Crippen LogP) is 0.137. The summed E-state index contributed by atoms with van der Waals surface area (Å²) >= 11 is 0. The van der Waals surface area contributed by atoms with Gasteiger partial charge in [0.2, 0.25) is 5.91 Å². The summed E-state index contributed by atoms with van der Waals surface area (Å²) in [5.74, 6) is 0.109. The van der Waals surface area contributed by atoms with E-state index in [1.807, 2.05) is 19.0 Å². The summed E-state index contributed by atoms with van der Waals surface area (Å²) < 4.78 is 0. The average molecular weight is 245 g/mol. The molecule has 0 unspecified atom stereocenters. The van der Waals surface area contributed by atoms with Crippen LogP contribution in [0.3, 0.4) is 0 Å². The molecule has 7 heteroatoms. The molecule has 0 spiro atoms. The molecule has 1 fully saturated rings. The molecule has 0 aromatic heterocycles. The Bertz CT molecular complexity index is 275. The van der Waals surface area contributed by atoms with Crippen molar-refractivity contribution in [3.63, 3.8) is 0 Å². The molecule has 0 aromatic carbocycles. The fraction of sp³-hybridized carbons (Fsp3) is 0.900. The van der Waals surface area contributed by atoms with Gasteiger partial charge in [0, 0.05) is 26.1 Å². The quantitative estimate of drug-likeness (QED) is 0.508. The molecule has 0 atom stereocenters. The molecule has 0 radical (unpaired) electrons. The highest BCUT2D eigenvalue weighted by molar-refractivity contribution is 5.76. The highest BCUT2D eigenvalue weighted by Crippen LogP contribution is 2.14. The van der Waals surface area contributed by atoms with Crippen LogP contribution in [0.1, 0.15) is 19.3 Å². The lowest BCUT2D eigenvalue weighted by Gasteiger charge is -2.31. The Morgan fingerprint density at radius 1 is 1.47 bits per heavy atom. The van der Waals surface area contributed by atoms with E-state index in [0.29, 0.717) is 32.4 Å². The summed E-state index contributed by atoms with van der Waals surface area (Å²) in [5.41, 5.74) is 0. The third kappa shape index (κ3) is 4.99. The first-order valence-electron chi connectivity index (χ1n) is 5.72. The first kappa shape index (κ1) is 13.7. The van der Waals surface area contributed by atoms with Crippen LogP contribution in [-0.2, 0) is 9.63 Å². The van der Waals surface area contributed by atoms with Crippen LogP contribution in [0.5, 0.6) is 0 Å². The van der Waals surface area contributed by atoms with E-state index in [2.05, 4.69) is 4.84 Å². The van der Waals surface area contributed by atoms with E-state index < -0.39 is 5.09 Å². The highest BCUT2D eigenvalue weighted by Gasteiger charge is 2.24. The van der Waals surface area contributed by atoms with Crippen molar-refractivity contribution >= 4 is 5.91 Å². The summed E-state index contributed by atoms with van der Waals surface area (Å²) in [6.07, 6.45) is 1.21. The fourth-order valence-electron chi connectivity index (χ4n) is 1.81. The van der Waals surface area contributed by atoms with Crippen molar-refractivity contribution in [3.8, 4) is 0 Å². The molecular formula is C10H19N3O4. The Kier molecular flexibility index (Phi) is 5.14. The maximum Gasteiger partial charge on any atom is 0.294 e. The van der Waals surface area contributed by atoms with Crippen LogP contribution in [0.4, 0.5) is 0 Å². The molecule has 1 amide bonds. The Morgan fingerprint density at radius 2 is 2.06 bits per heavy atom. The minimum atomic E-state index is -0.756. The first-order valence-corrected chi connectivity index (χ1v) is 5.72. The van der Waals surface area contributed by atoms with Crippen molar-refractivity contribution in [2.45, 2.75) is 25.4 Å². The number of nitrogens with zero attached hydrogens (tertiary/aromatic N) is 3. The highest BCUT2D eigenvalue weighted by atomic mass is 17.0. The van der Waals surface area contributed by atoms with Crippen LogP contribution in [0, 0.1) is 10.1 Å². The van der Waals surface area contributed by atoms with Crippen molar-refractivity contribution < 1.29 is 14.7 Å². The predicted molar refractivity (Wildman–Crippen MR) is 60.9 cm³/mol. The summed E-state index contributed by atoms with van der Waals surface area (Å²) in [4.78, 5) is 30.1. The van der Waals surface area contributed by atoms with Crippen molar-refractivity contribution in [2.75, 3.05) is 33.7 Å². The van der Waals surface area contributed by atoms with Gasteiger partial charge in [0.25, 0.3) is 5.09 Å². The lowest BCUT2D eigenvalue weighted by atomic mass is 10.1. The molecule has 1 rings (SSSR count). The van der Waals surface area contributed by atoms with Crippen LogP contribution >= 0.6 is 0 Å². The van der Waals surface area contributed by atoms with Gasteiger partial charge in [-0.15, -0.1) is 10.1 Å². The van der Waals surface area contributed by atoms with Crippen LogP contribution in [0.2, 0.25) is 0 Å². The summed E-state index contributed by atoms with van der Waals surface area (Å²) in [6, 6.07) is 0. The van der Waals surface area contributed by atoms with E-state index in [9.17, 15) is 14.9 Å². The Hall–Kier alpha value is -1.37. The molecule has 1 aliphatic rings. The summed E-state index contributed by atoms with van der Waals surface area (Å²) in [5, 5.41) is 9.40. The van der Waals surface area contributed by atoms with Gasteiger partial charge in [0.15, 0.2) is 0 Å². The normalized spacial score (nSPS) is 17.2. The maximum absolute atomic E-state index is 11.8. The molecule has 1 saturated heterocycles. The topological polar surface area (TPSA) is 75.9 Å². The number of piperidine rings is 1. The van der Waals surface area contributed by atoms with E-state index in [4.69, 9.17) is 0 Å². The van der Waals surface area contributed by atoms with Gasteiger partial charge < -0.3 is 14.6 Å². The number of carbonyl (C=O) groups is 1. The molecule has 0 bridgehead atoms. The number of carbonyl (C=O) groups excluding carboxylic acids is 1. The second-order valence-corrected chi connectivity index (χ2v) is 4.46. The Labute approximate surface area is 100 Å². The first-order chi connectivity index (χ1) is 7.99. The summed E-state index contributed by atoms with van der Waals surface area (Å²) in [7, 11) is 3.84. The third-order valence-corrected chi connectivity index (χ3v) is 2.80. The van der Waals surface area contributed by atoms with E-state index in [0.717, 1.165) is 6.54 Å². The minimum absolute atomic E-state index is 0.109. The largest absolute Gasteiger partial charge is 0.343 e. The standard InChI is InChI=1S/C10H19N3O4/c1-11(2)6-5-10(14)12-7-3-9(4-8-12)17-13(15)16/h9H,3-8H2,1-2H3. The molecule has 7 nitrogen and oxygen atoms in total. The minimum Gasteiger partial charge on any atom is -0.343 e. The maximum atomic E-state index is 11.8. The lowest BCUT2D eigenvalue weighted by molar-refractivity contribution is -0.769.